The topological polar surface area (TPSA) is 53.4 Å². The standard InChI is InChI=1S/C14H20N2O2S/c1-11-5-7-16(8-13(11)17)14(18)10-19-9-12-4-2-3-6-15-12/h2-4,6,11,13,17H,5,7-10H2,1H3. The first-order chi connectivity index (χ1) is 9.16. The number of aromatic nitrogens is 1. The molecule has 1 aliphatic heterocycles. The van der Waals surface area contributed by atoms with E-state index in [9.17, 15) is 9.90 Å². The van der Waals surface area contributed by atoms with Crippen molar-refractivity contribution in [3.63, 3.8) is 0 Å². The number of aliphatic hydroxyl groups excluding tert-OH is 1. The van der Waals surface area contributed by atoms with Gasteiger partial charge in [-0.3, -0.25) is 9.78 Å². The number of rotatable bonds is 4. The Morgan fingerprint density at radius 3 is 3.11 bits per heavy atom. The van der Waals surface area contributed by atoms with Crippen LogP contribution in [0.4, 0.5) is 0 Å². The third-order valence-electron chi connectivity index (χ3n) is 3.47. The molecule has 2 heterocycles. The van der Waals surface area contributed by atoms with Crippen LogP contribution in [0.15, 0.2) is 24.4 Å². The molecule has 0 aliphatic carbocycles. The number of aliphatic hydroxyl groups is 1. The average Bonchev–Trinajstić information content (AvgIpc) is 2.43. The Kier molecular flexibility index (Phi) is 5.22. The molecule has 4 nitrogen and oxygen atoms in total. The second-order valence-electron chi connectivity index (χ2n) is 4.99. The van der Waals surface area contributed by atoms with Gasteiger partial charge in [0.1, 0.15) is 0 Å². The zero-order valence-electron chi connectivity index (χ0n) is 11.2. The van der Waals surface area contributed by atoms with Crippen LogP contribution in [-0.2, 0) is 10.5 Å². The maximum atomic E-state index is 12.0. The van der Waals surface area contributed by atoms with Gasteiger partial charge in [-0.15, -0.1) is 11.8 Å². The summed E-state index contributed by atoms with van der Waals surface area (Å²) in [5.41, 5.74) is 0.993. The minimum atomic E-state index is -0.376. The summed E-state index contributed by atoms with van der Waals surface area (Å²) in [6, 6.07) is 5.80. The SMILES string of the molecule is CC1CCN(C(=O)CSCc2ccccn2)CC1O. The van der Waals surface area contributed by atoms with Gasteiger partial charge in [0.15, 0.2) is 0 Å². The van der Waals surface area contributed by atoms with E-state index in [1.165, 1.54) is 0 Å². The second kappa shape index (κ2) is 6.91. The molecule has 2 rings (SSSR count). The summed E-state index contributed by atoms with van der Waals surface area (Å²) in [5.74, 6) is 1.62. The predicted molar refractivity (Wildman–Crippen MR) is 76.8 cm³/mol. The van der Waals surface area contributed by atoms with Gasteiger partial charge in [-0.2, -0.15) is 0 Å². The molecule has 1 amide bonds. The van der Waals surface area contributed by atoms with Crippen molar-refractivity contribution in [2.45, 2.75) is 25.2 Å². The Hall–Kier alpha value is -1.07. The lowest BCUT2D eigenvalue weighted by atomic mass is 9.96. The van der Waals surface area contributed by atoms with Crippen molar-refractivity contribution in [1.82, 2.24) is 9.88 Å². The van der Waals surface area contributed by atoms with Crippen molar-refractivity contribution in [2.24, 2.45) is 5.92 Å². The van der Waals surface area contributed by atoms with Crippen LogP contribution >= 0.6 is 11.8 Å². The lowest BCUT2D eigenvalue weighted by Crippen LogP contribution is -2.46. The van der Waals surface area contributed by atoms with Gasteiger partial charge >= 0.3 is 0 Å². The predicted octanol–water partition coefficient (Wildman–Crippen LogP) is 1.54. The fraction of sp³-hybridized carbons (Fsp3) is 0.571. The third kappa shape index (κ3) is 4.21. The van der Waals surface area contributed by atoms with Crippen LogP contribution in [0.25, 0.3) is 0 Å². The summed E-state index contributed by atoms with van der Waals surface area (Å²) in [6.45, 7) is 3.27. The maximum Gasteiger partial charge on any atom is 0.232 e. The lowest BCUT2D eigenvalue weighted by molar-refractivity contribution is -0.132. The molecular formula is C14H20N2O2S. The molecule has 1 saturated heterocycles. The first kappa shape index (κ1) is 14.3. The highest BCUT2D eigenvalue weighted by atomic mass is 32.2. The highest BCUT2D eigenvalue weighted by molar-refractivity contribution is 7.99. The first-order valence-corrected chi connectivity index (χ1v) is 7.76. The van der Waals surface area contributed by atoms with Gasteiger partial charge in [0.05, 0.1) is 17.6 Å². The highest BCUT2D eigenvalue weighted by Gasteiger charge is 2.26. The molecular weight excluding hydrogens is 260 g/mol. The fourth-order valence-corrected chi connectivity index (χ4v) is 2.93. The lowest BCUT2D eigenvalue weighted by Gasteiger charge is -2.34. The quantitative estimate of drug-likeness (QED) is 0.909. The molecule has 1 N–H and O–H groups in total. The van der Waals surface area contributed by atoms with Crippen LogP contribution in [0.5, 0.6) is 0 Å². The summed E-state index contributed by atoms with van der Waals surface area (Å²) in [4.78, 5) is 18.0. The molecule has 0 aromatic carbocycles. The summed E-state index contributed by atoms with van der Waals surface area (Å²) in [6.07, 6.45) is 2.27. The van der Waals surface area contributed by atoms with Crippen LogP contribution in [0, 0.1) is 5.92 Å². The van der Waals surface area contributed by atoms with E-state index in [1.54, 1.807) is 22.9 Å². The molecule has 104 valence electrons. The van der Waals surface area contributed by atoms with Crippen molar-refractivity contribution in [1.29, 1.82) is 0 Å². The van der Waals surface area contributed by atoms with Crippen LogP contribution in [-0.4, -0.2) is 45.8 Å². The largest absolute Gasteiger partial charge is 0.391 e. The van der Waals surface area contributed by atoms with Crippen molar-refractivity contribution in [2.75, 3.05) is 18.8 Å². The first-order valence-electron chi connectivity index (χ1n) is 6.60. The number of hydrogen-bond donors (Lipinski definition) is 1. The zero-order chi connectivity index (χ0) is 13.7. The molecule has 2 unspecified atom stereocenters. The number of hydrogen-bond acceptors (Lipinski definition) is 4. The molecule has 1 fully saturated rings. The highest BCUT2D eigenvalue weighted by Crippen LogP contribution is 2.18. The molecule has 0 spiro atoms. The van der Waals surface area contributed by atoms with Gasteiger partial charge in [0.25, 0.3) is 0 Å². The van der Waals surface area contributed by atoms with Gasteiger partial charge in [-0.05, 0) is 24.5 Å². The molecule has 0 radical (unpaired) electrons. The summed E-state index contributed by atoms with van der Waals surface area (Å²) >= 11 is 1.57. The molecule has 0 saturated carbocycles. The van der Waals surface area contributed by atoms with Crippen LogP contribution in [0.3, 0.4) is 0 Å². The van der Waals surface area contributed by atoms with Crippen molar-refractivity contribution >= 4 is 17.7 Å². The van der Waals surface area contributed by atoms with Crippen LogP contribution < -0.4 is 0 Å². The monoisotopic (exact) mass is 280 g/mol. The number of piperidine rings is 1. The normalized spacial score (nSPS) is 23.4. The van der Waals surface area contributed by atoms with Crippen LogP contribution in [0.1, 0.15) is 19.0 Å². The fourth-order valence-electron chi connectivity index (χ4n) is 2.09. The molecule has 0 bridgehead atoms. The molecule has 5 heteroatoms. The number of carbonyl (C=O) groups is 1. The van der Waals surface area contributed by atoms with Crippen molar-refractivity contribution in [3.05, 3.63) is 30.1 Å². The molecule has 1 aliphatic rings. The second-order valence-corrected chi connectivity index (χ2v) is 5.97. The smallest absolute Gasteiger partial charge is 0.232 e. The molecule has 1 aromatic rings. The number of amides is 1. The minimum Gasteiger partial charge on any atom is -0.391 e. The average molecular weight is 280 g/mol. The molecule has 1 aromatic heterocycles. The summed E-state index contributed by atoms with van der Waals surface area (Å²) in [7, 11) is 0. The Bertz CT molecular complexity index is 413. The third-order valence-corrected chi connectivity index (χ3v) is 4.42. The minimum absolute atomic E-state index is 0.117. The number of thioether (sulfide) groups is 1. The Morgan fingerprint density at radius 1 is 1.58 bits per heavy atom. The number of likely N-dealkylation sites (tertiary alicyclic amines) is 1. The van der Waals surface area contributed by atoms with E-state index in [-0.39, 0.29) is 12.0 Å². The Labute approximate surface area is 118 Å². The molecule has 19 heavy (non-hydrogen) atoms. The number of pyridine rings is 1. The Morgan fingerprint density at radius 2 is 2.42 bits per heavy atom. The zero-order valence-corrected chi connectivity index (χ0v) is 12.0. The number of nitrogens with zero attached hydrogens (tertiary/aromatic N) is 2. The van der Waals surface area contributed by atoms with E-state index in [0.29, 0.717) is 18.2 Å². The van der Waals surface area contributed by atoms with Gasteiger partial charge in [0.2, 0.25) is 5.91 Å². The Balaban J connectivity index is 1.73. The van der Waals surface area contributed by atoms with Gasteiger partial charge in [-0.25, -0.2) is 0 Å². The van der Waals surface area contributed by atoms with Crippen LogP contribution in [0.2, 0.25) is 0 Å². The van der Waals surface area contributed by atoms with Gasteiger partial charge in [-0.1, -0.05) is 13.0 Å². The van der Waals surface area contributed by atoms with Crippen molar-refractivity contribution in [3.8, 4) is 0 Å². The number of carbonyl (C=O) groups excluding carboxylic acids is 1. The van der Waals surface area contributed by atoms with E-state index in [1.807, 2.05) is 25.1 Å². The van der Waals surface area contributed by atoms with Gasteiger partial charge in [0, 0.05) is 25.0 Å². The number of β-amino-alcohol motifs (C(OH)–C–C–N with tert-alkyl or cyclic N) is 1. The summed E-state index contributed by atoms with van der Waals surface area (Å²) < 4.78 is 0. The van der Waals surface area contributed by atoms with E-state index in [2.05, 4.69) is 4.98 Å². The van der Waals surface area contributed by atoms with E-state index in [4.69, 9.17) is 0 Å². The van der Waals surface area contributed by atoms with E-state index >= 15 is 0 Å². The maximum absolute atomic E-state index is 12.0. The summed E-state index contributed by atoms with van der Waals surface area (Å²) in [5, 5.41) is 9.79. The van der Waals surface area contributed by atoms with Gasteiger partial charge < -0.3 is 10.0 Å². The van der Waals surface area contributed by atoms with E-state index < -0.39 is 0 Å². The van der Waals surface area contributed by atoms with E-state index in [0.717, 1.165) is 24.4 Å². The van der Waals surface area contributed by atoms with Crippen molar-refractivity contribution < 1.29 is 9.90 Å². The molecule has 2 atom stereocenters.